The molecule has 1 aromatic carbocycles. The molecule has 1 aliphatic rings. The molecule has 20 heavy (non-hydrogen) atoms. The quantitative estimate of drug-likeness (QED) is 0.893. The van der Waals surface area contributed by atoms with E-state index in [2.05, 4.69) is 5.32 Å². The molecule has 108 valence electrons. The molecule has 1 unspecified atom stereocenters. The molecule has 4 nitrogen and oxygen atoms in total. The van der Waals surface area contributed by atoms with Gasteiger partial charge in [0.2, 0.25) is 11.8 Å². The number of rotatable bonds is 5. The number of benzene rings is 1. The average molecular weight is 296 g/mol. The number of hydrogen-bond acceptors (Lipinski definition) is 3. The van der Waals surface area contributed by atoms with Crippen molar-refractivity contribution in [3.05, 3.63) is 35.6 Å². The lowest BCUT2D eigenvalue weighted by Gasteiger charge is -2.17. The lowest BCUT2D eigenvalue weighted by atomic mass is 10.2. The van der Waals surface area contributed by atoms with Crippen LogP contribution in [0.5, 0.6) is 0 Å². The van der Waals surface area contributed by atoms with Crippen molar-refractivity contribution in [3.63, 3.8) is 0 Å². The Labute approximate surface area is 121 Å². The Morgan fingerprint density at radius 2 is 2.35 bits per heavy atom. The normalized spacial score (nSPS) is 18.4. The van der Waals surface area contributed by atoms with Crippen LogP contribution >= 0.6 is 11.8 Å². The summed E-state index contributed by atoms with van der Waals surface area (Å²) in [5, 5.41) is 2.84. The number of thioether (sulfide) groups is 1. The number of carbonyl (C=O) groups is 2. The molecule has 1 N–H and O–H groups in total. The zero-order valence-corrected chi connectivity index (χ0v) is 12.1. The van der Waals surface area contributed by atoms with Crippen LogP contribution in [0, 0.1) is 5.82 Å². The maximum Gasteiger partial charge on any atom is 0.230 e. The van der Waals surface area contributed by atoms with Crippen molar-refractivity contribution >= 4 is 23.6 Å². The van der Waals surface area contributed by atoms with Crippen molar-refractivity contribution in [3.8, 4) is 0 Å². The minimum absolute atomic E-state index is 0.0105. The molecule has 2 amide bonds. The Kier molecular flexibility index (Phi) is 5.00. The summed E-state index contributed by atoms with van der Waals surface area (Å²) in [6, 6.07) is 6.07. The third kappa shape index (κ3) is 3.96. The molecular weight excluding hydrogens is 279 g/mol. The van der Waals surface area contributed by atoms with Gasteiger partial charge in [-0.25, -0.2) is 4.39 Å². The highest BCUT2D eigenvalue weighted by molar-refractivity contribution is 7.99. The minimum Gasteiger partial charge on any atom is -0.350 e. The van der Waals surface area contributed by atoms with E-state index >= 15 is 0 Å². The van der Waals surface area contributed by atoms with Gasteiger partial charge in [0.1, 0.15) is 5.82 Å². The van der Waals surface area contributed by atoms with Crippen LogP contribution in [0.15, 0.2) is 24.3 Å². The molecule has 2 rings (SSSR count). The molecule has 1 saturated heterocycles. The summed E-state index contributed by atoms with van der Waals surface area (Å²) >= 11 is 1.45. The first-order chi connectivity index (χ1) is 9.58. The second kappa shape index (κ2) is 6.74. The first-order valence-electron chi connectivity index (χ1n) is 6.39. The van der Waals surface area contributed by atoms with E-state index in [1.54, 1.807) is 17.0 Å². The van der Waals surface area contributed by atoms with Gasteiger partial charge in [-0.15, -0.1) is 0 Å². The van der Waals surface area contributed by atoms with Gasteiger partial charge >= 0.3 is 0 Å². The number of nitrogens with one attached hydrogen (secondary N) is 1. The topological polar surface area (TPSA) is 49.4 Å². The number of hydrogen-bond donors (Lipinski definition) is 1. The second-order valence-corrected chi connectivity index (χ2v) is 5.67. The Hall–Kier alpha value is -1.56. The van der Waals surface area contributed by atoms with Crippen LogP contribution in [0.1, 0.15) is 12.0 Å². The zero-order chi connectivity index (χ0) is 14.5. The zero-order valence-electron chi connectivity index (χ0n) is 11.3. The fourth-order valence-corrected chi connectivity index (χ4v) is 2.62. The lowest BCUT2D eigenvalue weighted by Crippen LogP contribution is -2.37. The molecule has 1 aromatic rings. The highest BCUT2D eigenvalue weighted by Crippen LogP contribution is 2.16. The van der Waals surface area contributed by atoms with E-state index in [0.717, 1.165) is 5.56 Å². The van der Waals surface area contributed by atoms with Crippen LogP contribution < -0.4 is 5.32 Å². The van der Waals surface area contributed by atoms with Crippen molar-refractivity contribution in [2.45, 2.75) is 19.0 Å². The maximum atomic E-state index is 13.1. The Morgan fingerprint density at radius 1 is 1.55 bits per heavy atom. The number of nitrogens with zero attached hydrogens (tertiary/aromatic N) is 1. The van der Waals surface area contributed by atoms with Crippen molar-refractivity contribution in [2.24, 2.45) is 0 Å². The largest absolute Gasteiger partial charge is 0.350 e. The molecule has 0 aliphatic carbocycles. The Bertz CT molecular complexity index is 510. The predicted molar refractivity (Wildman–Crippen MR) is 76.7 cm³/mol. The van der Waals surface area contributed by atoms with Crippen LogP contribution in [0.4, 0.5) is 4.39 Å². The number of halogens is 1. The van der Waals surface area contributed by atoms with Crippen LogP contribution in [-0.4, -0.2) is 41.3 Å². The molecule has 1 fully saturated rings. The van der Waals surface area contributed by atoms with Gasteiger partial charge in [-0.2, -0.15) is 11.8 Å². The first-order valence-corrected chi connectivity index (χ1v) is 7.78. The van der Waals surface area contributed by atoms with Gasteiger partial charge in [0.05, 0.1) is 11.8 Å². The fraction of sp³-hybridized carbons (Fsp3) is 0.429. The second-order valence-electron chi connectivity index (χ2n) is 4.81. The van der Waals surface area contributed by atoms with Crippen molar-refractivity contribution in [1.82, 2.24) is 10.2 Å². The highest BCUT2D eigenvalue weighted by Gasteiger charge is 2.30. The smallest absolute Gasteiger partial charge is 0.230 e. The van der Waals surface area contributed by atoms with Crippen molar-refractivity contribution in [1.29, 1.82) is 0 Å². The summed E-state index contributed by atoms with van der Waals surface area (Å²) in [6.45, 7) is 0.862. The third-order valence-electron chi connectivity index (χ3n) is 3.12. The van der Waals surface area contributed by atoms with Gasteiger partial charge in [-0.05, 0) is 24.0 Å². The van der Waals surface area contributed by atoms with E-state index in [1.165, 1.54) is 23.9 Å². The van der Waals surface area contributed by atoms with E-state index in [1.807, 2.05) is 6.26 Å². The van der Waals surface area contributed by atoms with E-state index in [-0.39, 0.29) is 23.7 Å². The predicted octanol–water partition coefficient (Wildman–Crippen LogP) is 1.41. The van der Waals surface area contributed by atoms with E-state index in [0.29, 0.717) is 25.3 Å². The molecule has 0 saturated carbocycles. The summed E-state index contributed by atoms with van der Waals surface area (Å²) in [4.78, 5) is 25.0. The summed E-state index contributed by atoms with van der Waals surface area (Å²) < 4.78 is 13.1. The van der Waals surface area contributed by atoms with Gasteiger partial charge < -0.3 is 10.2 Å². The molecule has 1 atom stereocenters. The summed E-state index contributed by atoms with van der Waals surface area (Å²) in [5.74, 6) is 0.0276. The first kappa shape index (κ1) is 14.8. The molecule has 1 heterocycles. The average Bonchev–Trinajstić information content (AvgIpc) is 2.69. The van der Waals surface area contributed by atoms with Gasteiger partial charge in [0.25, 0.3) is 0 Å². The molecular formula is C14H17FN2O2S. The third-order valence-corrected chi connectivity index (χ3v) is 3.67. The van der Waals surface area contributed by atoms with E-state index < -0.39 is 0 Å². The van der Waals surface area contributed by atoms with Gasteiger partial charge in [0, 0.05) is 19.5 Å². The molecule has 1 aliphatic heterocycles. The van der Waals surface area contributed by atoms with Gasteiger partial charge in [0.15, 0.2) is 0 Å². The Balaban J connectivity index is 1.91. The van der Waals surface area contributed by atoms with Crippen molar-refractivity contribution in [2.75, 3.05) is 18.6 Å². The van der Waals surface area contributed by atoms with E-state index in [9.17, 15) is 14.0 Å². The molecule has 0 radical (unpaired) electrons. The summed E-state index contributed by atoms with van der Waals surface area (Å²) in [7, 11) is 0. The maximum absolute atomic E-state index is 13.1. The molecule has 0 spiro atoms. The molecule has 0 aromatic heterocycles. The number of likely N-dealkylation sites (tertiary alicyclic amines) is 1. The SMILES string of the molecule is CSCC(=O)NC1CC(=O)N(Cc2cccc(F)c2)C1. The minimum atomic E-state index is -0.307. The summed E-state index contributed by atoms with van der Waals surface area (Å²) in [6.07, 6.45) is 2.17. The molecule has 6 heteroatoms. The van der Waals surface area contributed by atoms with Crippen LogP contribution in [0.25, 0.3) is 0 Å². The fourth-order valence-electron chi connectivity index (χ4n) is 2.28. The monoisotopic (exact) mass is 296 g/mol. The van der Waals surface area contributed by atoms with E-state index in [4.69, 9.17) is 0 Å². The number of amides is 2. The van der Waals surface area contributed by atoms with Crippen LogP contribution in [0.2, 0.25) is 0 Å². The van der Waals surface area contributed by atoms with Crippen LogP contribution in [0.3, 0.4) is 0 Å². The van der Waals surface area contributed by atoms with Crippen molar-refractivity contribution < 1.29 is 14.0 Å². The lowest BCUT2D eigenvalue weighted by molar-refractivity contribution is -0.128. The molecule has 0 bridgehead atoms. The van der Waals surface area contributed by atoms with Crippen LogP contribution in [-0.2, 0) is 16.1 Å². The standard InChI is InChI=1S/C14H17FN2O2S/c1-20-9-13(18)16-12-6-14(19)17(8-12)7-10-3-2-4-11(15)5-10/h2-5,12H,6-9H2,1H3,(H,16,18). The Morgan fingerprint density at radius 3 is 3.05 bits per heavy atom. The van der Waals surface area contributed by atoms with Gasteiger partial charge in [-0.1, -0.05) is 12.1 Å². The highest BCUT2D eigenvalue weighted by atomic mass is 32.2. The summed E-state index contributed by atoms with van der Waals surface area (Å²) in [5.41, 5.74) is 0.759. The number of carbonyl (C=O) groups excluding carboxylic acids is 2. The van der Waals surface area contributed by atoms with Gasteiger partial charge in [-0.3, -0.25) is 9.59 Å².